The van der Waals surface area contributed by atoms with Crippen LogP contribution in [0.25, 0.3) is 20.7 Å². The second-order valence-electron chi connectivity index (χ2n) is 3.68. The molecule has 0 unspecified atom stereocenters. The number of rotatable bonds is 4. The number of hydrogen-bond acceptors (Lipinski definition) is 6. The van der Waals surface area contributed by atoms with Gasteiger partial charge in [0, 0.05) is 22.4 Å². The van der Waals surface area contributed by atoms with Crippen LogP contribution < -0.4 is 5.32 Å². The van der Waals surface area contributed by atoms with Crippen LogP contribution in [0.5, 0.6) is 0 Å². The summed E-state index contributed by atoms with van der Waals surface area (Å²) in [6, 6.07) is 4.13. The van der Waals surface area contributed by atoms with Crippen molar-refractivity contribution in [3.63, 3.8) is 0 Å². The molecule has 0 aliphatic heterocycles. The molecule has 0 aromatic carbocycles. The number of anilines is 1. The predicted molar refractivity (Wildman–Crippen MR) is 76.3 cm³/mol. The van der Waals surface area contributed by atoms with E-state index in [0.717, 1.165) is 21.6 Å². The number of nitrogens with one attached hydrogen (secondary N) is 1. The predicted octanol–water partition coefficient (Wildman–Crippen LogP) is 2.82. The summed E-state index contributed by atoms with van der Waals surface area (Å²) in [5.41, 5.74) is 1.16. The lowest BCUT2D eigenvalue weighted by Crippen LogP contribution is -2.07. The molecule has 3 rings (SSSR count). The van der Waals surface area contributed by atoms with Gasteiger partial charge in [-0.05, 0) is 11.4 Å². The summed E-state index contributed by atoms with van der Waals surface area (Å²) in [7, 11) is 0. The second kappa shape index (κ2) is 5.01. The first kappa shape index (κ1) is 11.6. The lowest BCUT2D eigenvalue weighted by Gasteiger charge is -2.05. The molecule has 0 saturated heterocycles. The first-order valence-electron chi connectivity index (χ1n) is 5.51. The number of aliphatic hydroxyl groups excluding tert-OH is 1. The minimum absolute atomic E-state index is 0.0873. The van der Waals surface area contributed by atoms with Gasteiger partial charge in [0.15, 0.2) is 0 Å². The van der Waals surface area contributed by atoms with Gasteiger partial charge in [0.05, 0.1) is 12.0 Å². The Morgan fingerprint density at radius 2 is 2.22 bits per heavy atom. The maximum absolute atomic E-state index is 8.90. The highest BCUT2D eigenvalue weighted by Crippen LogP contribution is 2.38. The van der Waals surface area contributed by atoms with E-state index in [4.69, 9.17) is 5.11 Å². The molecule has 3 aromatic rings. The summed E-state index contributed by atoms with van der Waals surface area (Å²) in [6.45, 7) is 0.579. The van der Waals surface area contributed by atoms with Crippen LogP contribution in [-0.4, -0.2) is 28.2 Å². The van der Waals surface area contributed by atoms with Crippen LogP contribution in [0.4, 0.5) is 5.82 Å². The van der Waals surface area contributed by atoms with Crippen molar-refractivity contribution in [2.24, 2.45) is 0 Å². The number of nitrogens with zero attached hydrogens (tertiary/aromatic N) is 2. The van der Waals surface area contributed by atoms with Gasteiger partial charge in [-0.15, -0.1) is 22.7 Å². The molecule has 0 bridgehead atoms. The third-order valence-electron chi connectivity index (χ3n) is 2.56. The Balaban J connectivity index is 2.15. The van der Waals surface area contributed by atoms with Crippen molar-refractivity contribution in [2.45, 2.75) is 0 Å². The summed E-state index contributed by atoms with van der Waals surface area (Å²) in [5, 5.41) is 17.2. The van der Waals surface area contributed by atoms with E-state index in [-0.39, 0.29) is 6.61 Å². The summed E-state index contributed by atoms with van der Waals surface area (Å²) in [4.78, 5) is 10.7. The van der Waals surface area contributed by atoms with Crippen molar-refractivity contribution >= 4 is 38.7 Å². The van der Waals surface area contributed by atoms with Gasteiger partial charge in [0.25, 0.3) is 0 Å². The van der Waals surface area contributed by atoms with E-state index >= 15 is 0 Å². The van der Waals surface area contributed by atoms with E-state index in [1.165, 1.54) is 4.88 Å². The Morgan fingerprint density at radius 3 is 3.00 bits per heavy atom. The zero-order valence-corrected chi connectivity index (χ0v) is 11.1. The maximum Gasteiger partial charge on any atom is 0.138 e. The maximum atomic E-state index is 8.90. The molecule has 0 amide bonds. The molecule has 6 heteroatoms. The Hall–Kier alpha value is -1.50. The smallest absolute Gasteiger partial charge is 0.138 e. The molecule has 0 fully saturated rings. The van der Waals surface area contributed by atoms with Crippen LogP contribution in [-0.2, 0) is 0 Å². The second-order valence-corrected chi connectivity index (χ2v) is 5.49. The van der Waals surface area contributed by atoms with Gasteiger partial charge in [0.1, 0.15) is 17.0 Å². The minimum Gasteiger partial charge on any atom is -0.395 e. The summed E-state index contributed by atoms with van der Waals surface area (Å²) >= 11 is 3.31. The lowest BCUT2D eigenvalue weighted by atomic mass is 10.2. The zero-order valence-electron chi connectivity index (χ0n) is 9.46. The van der Waals surface area contributed by atoms with E-state index in [9.17, 15) is 0 Å². The van der Waals surface area contributed by atoms with Gasteiger partial charge in [-0.3, -0.25) is 0 Å². The quantitative estimate of drug-likeness (QED) is 0.770. The van der Waals surface area contributed by atoms with Crippen LogP contribution in [0.1, 0.15) is 0 Å². The third kappa shape index (κ3) is 1.98. The summed E-state index contributed by atoms with van der Waals surface area (Å²) in [5.74, 6) is 0.790. The van der Waals surface area contributed by atoms with E-state index in [2.05, 4.69) is 32.1 Å². The van der Waals surface area contributed by atoms with Gasteiger partial charge < -0.3 is 10.4 Å². The van der Waals surface area contributed by atoms with Crippen LogP contribution in [0.2, 0.25) is 0 Å². The fraction of sp³-hybridized carbons (Fsp3) is 0.167. The van der Waals surface area contributed by atoms with Crippen molar-refractivity contribution in [3.8, 4) is 10.4 Å². The molecule has 0 radical (unpaired) electrons. The number of aromatic nitrogens is 2. The van der Waals surface area contributed by atoms with Crippen LogP contribution in [0.3, 0.4) is 0 Å². The molecule has 92 valence electrons. The Labute approximate surface area is 112 Å². The summed E-state index contributed by atoms with van der Waals surface area (Å²) < 4.78 is 0. The topological polar surface area (TPSA) is 58.0 Å². The van der Waals surface area contributed by atoms with E-state index in [0.29, 0.717) is 6.54 Å². The molecule has 4 nitrogen and oxygen atoms in total. The van der Waals surface area contributed by atoms with Crippen LogP contribution in [0.15, 0.2) is 29.2 Å². The number of thiophene rings is 2. The highest BCUT2D eigenvalue weighted by molar-refractivity contribution is 7.18. The Bertz CT molecular complexity index is 648. The number of fused-ring (bicyclic) bond motifs is 1. The SMILES string of the molecule is OCCNc1ncnc2scc(-c3cccs3)c12. The highest BCUT2D eigenvalue weighted by Gasteiger charge is 2.13. The van der Waals surface area contributed by atoms with Crippen molar-refractivity contribution in [2.75, 3.05) is 18.5 Å². The molecule has 0 spiro atoms. The van der Waals surface area contributed by atoms with Gasteiger partial charge in [0.2, 0.25) is 0 Å². The Morgan fingerprint density at radius 1 is 1.28 bits per heavy atom. The lowest BCUT2D eigenvalue weighted by molar-refractivity contribution is 0.311. The zero-order chi connectivity index (χ0) is 12.4. The van der Waals surface area contributed by atoms with E-state index in [1.807, 2.05) is 6.07 Å². The van der Waals surface area contributed by atoms with Crippen molar-refractivity contribution in [1.82, 2.24) is 9.97 Å². The monoisotopic (exact) mass is 277 g/mol. The molecular weight excluding hydrogens is 266 g/mol. The molecule has 0 saturated carbocycles. The molecule has 0 atom stereocenters. The first-order valence-corrected chi connectivity index (χ1v) is 7.27. The van der Waals surface area contributed by atoms with Gasteiger partial charge >= 0.3 is 0 Å². The number of aliphatic hydroxyl groups is 1. The summed E-state index contributed by atoms with van der Waals surface area (Å²) in [6.07, 6.45) is 1.55. The molecule has 0 aliphatic carbocycles. The first-order chi connectivity index (χ1) is 8.90. The average molecular weight is 277 g/mol. The molecule has 0 aliphatic rings. The van der Waals surface area contributed by atoms with Crippen molar-refractivity contribution < 1.29 is 5.11 Å². The Kier molecular flexibility index (Phi) is 3.22. The molecule has 3 aromatic heterocycles. The molecule has 3 heterocycles. The minimum atomic E-state index is 0.0873. The number of hydrogen-bond donors (Lipinski definition) is 2. The highest BCUT2D eigenvalue weighted by atomic mass is 32.1. The van der Waals surface area contributed by atoms with Gasteiger partial charge in [-0.25, -0.2) is 9.97 Å². The van der Waals surface area contributed by atoms with Gasteiger partial charge in [-0.1, -0.05) is 6.07 Å². The fourth-order valence-corrected chi connectivity index (χ4v) is 3.53. The average Bonchev–Trinajstić information content (AvgIpc) is 3.04. The van der Waals surface area contributed by atoms with Crippen LogP contribution >= 0.6 is 22.7 Å². The van der Waals surface area contributed by atoms with Crippen molar-refractivity contribution in [3.05, 3.63) is 29.2 Å². The fourth-order valence-electron chi connectivity index (χ4n) is 1.80. The third-order valence-corrected chi connectivity index (χ3v) is 4.35. The molecular formula is C12H11N3OS2. The van der Waals surface area contributed by atoms with E-state index in [1.54, 1.807) is 29.0 Å². The standard InChI is InChI=1S/C12H11N3OS2/c16-4-3-13-11-10-8(9-2-1-5-17-9)6-18-12(10)15-7-14-11/h1-2,5-7,16H,3-4H2,(H,13,14,15). The van der Waals surface area contributed by atoms with Gasteiger partial charge in [-0.2, -0.15) is 0 Å². The molecule has 2 N–H and O–H groups in total. The largest absolute Gasteiger partial charge is 0.395 e. The van der Waals surface area contributed by atoms with Crippen LogP contribution in [0, 0.1) is 0 Å². The van der Waals surface area contributed by atoms with Crippen molar-refractivity contribution in [1.29, 1.82) is 0 Å². The normalized spacial score (nSPS) is 10.9. The molecule has 18 heavy (non-hydrogen) atoms. The van der Waals surface area contributed by atoms with E-state index < -0.39 is 0 Å².